The van der Waals surface area contributed by atoms with Crippen molar-refractivity contribution in [1.29, 1.82) is 0 Å². The van der Waals surface area contributed by atoms with Gasteiger partial charge in [0.2, 0.25) is 15.9 Å². The Morgan fingerprint density at radius 1 is 1.13 bits per heavy atom. The minimum absolute atomic E-state index is 0.273. The molecule has 1 aliphatic heterocycles. The summed E-state index contributed by atoms with van der Waals surface area (Å²) in [5.74, 6) is -0.177. The molecule has 10 heteroatoms. The minimum Gasteiger partial charge on any atom is -0.486 e. The second-order valence-corrected chi connectivity index (χ2v) is 8.88. The summed E-state index contributed by atoms with van der Waals surface area (Å²) in [7, 11) is -2.54. The van der Waals surface area contributed by atoms with Gasteiger partial charge in [-0.3, -0.25) is 9.10 Å². The van der Waals surface area contributed by atoms with Crippen molar-refractivity contribution in [3.05, 3.63) is 47.5 Å². The molecule has 1 amide bonds. The van der Waals surface area contributed by atoms with E-state index in [0.717, 1.165) is 10.6 Å². The van der Waals surface area contributed by atoms with E-state index in [0.29, 0.717) is 41.5 Å². The first-order valence-electron chi connectivity index (χ1n) is 9.51. The summed E-state index contributed by atoms with van der Waals surface area (Å²) in [6, 6.07) is 8.42. The number of hydrogen-bond donors (Lipinski definition) is 1. The van der Waals surface area contributed by atoms with Crippen molar-refractivity contribution in [2.75, 3.05) is 36.2 Å². The van der Waals surface area contributed by atoms with Crippen molar-refractivity contribution in [3.63, 3.8) is 0 Å². The van der Waals surface area contributed by atoms with Crippen LogP contribution in [0.1, 0.15) is 22.8 Å². The fourth-order valence-corrected chi connectivity index (χ4v) is 4.48. The molecule has 0 saturated carbocycles. The molecule has 1 heterocycles. The van der Waals surface area contributed by atoms with Crippen LogP contribution in [-0.2, 0) is 19.6 Å². The number of sulfonamides is 1. The van der Waals surface area contributed by atoms with E-state index >= 15 is 0 Å². The highest BCUT2D eigenvalue weighted by molar-refractivity contribution is 7.92. The Morgan fingerprint density at radius 2 is 1.81 bits per heavy atom. The average molecular weight is 448 g/mol. The van der Waals surface area contributed by atoms with Crippen LogP contribution in [0.3, 0.4) is 0 Å². The van der Waals surface area contributed by atoms with E-state index < -0.39 is 27.9 Å². The molecule has 2 aromatic rings. The predicted molar refractivity (Wildman–Crippen MR) is 115 cm³/mol. The Morgan fingerprint density at radius 3 is 2.45 bits per heavy atom. The molecule has 166 valence electrons. The maximum absolute atomic E-state index is 13.0. The van der Waals surface area contributed by atoms with Crippen LogP contribution in [0.25, 0.3) is 0 Å². The van der Waals surface area contributed by atoms with Crippen LogP contribution in [0.4, 0.5) is 11.4 Å². The number of fused-ring (bicyclic) bond motifs is 1. The van der Waals surface area contributed by atoms with Crippen LogP contribution >= 0.6 is 0 Å². The molecule has 31 heavy (non-hydrogen) atoms. The number of hydrogen-bond acceptors (Lipinski definition) is 7. The van der Waals surface area contributed by atoms with Gasteiger partial charge in [0.15, 0.2) is 11.5 Å². The molecule has 0 spiro atoms. The molecule has 0 aliphatic carbocycles. The van der Waals surface area contributed by atoms with E-state index in [-0.39, 0.29) is 5.69 Å². The zero-order valence-electron chi connectivity index (χ0n) is 17.7. The molecular formula is C21H24N2O7S. The van der Waals surface area contributed by atoms with Gasteiger partial charge in [0.25, 0.3) is 0 Å². The van der Waals surface area contributed by atoms with Gasteiger partial charge in [0, 0.05) is 11.8 Å². The molecule has 9 nitrogen and oxygen atoms in total. The zero-order valence-corrected chi connectivity index (χ0v) is 18.5. The number of rotatable bonds is 6. The molecule has 0 aromatic heterocycles. The van der Waals surface area contributed by atoms with Crippen LogP contribution in [0.5, 0.6) is 11.5 Å². The number of carbonyl (C=O) groups excluding carboxylic acids is 2. The molecule has 3 rings (SSSR count). The van der Waals surface area contributed by atoms with E-state index in [4.69, 9.17) is 14.2 Å². The van der Waals surface area contributed by atoms with Gasteiger partial charge in [-0.2, -0.15) is 0 Å². The molecule has 2 aromatic carbocycles. The summed E-state index contributed by atoms with van der Waals surface area (Å²) in [6.07, 6.45) is 1.02. The first kappa shape index (κ1) is 22.4. The second kappa shape index (κ2) is 8.84. The van der Waals surface area contributed by atoms with Gasteiger partial charge in [-0.1, -0.05) is 6.07 Å². The highest BCUT2D eigenvalue weighted by Gasteiger charge is 2.30. The molecule has 0 fully saturated rings. The quantitative estimate of drug-likeness (QED) is 0.675. The number of methoxy groups -OCH3 is 1. The van der Waals surface area contributed by atoms with Gasteiger partial charge in [-0.05, 0) is 43.7 Å². The third-order valence-electron chi connectivity index (χ3n) is 4.87. The van der Waals surface area contributed by atoms with E-state index in [1.165, 1.54) is 20.1 Å². The van der Waals surface area contributed by atoms with E-state index in [1.54, 1.807) is 37.3 Å². The van der Waals surface area contributed by atoms with Gasteiger partial charge in [-0.25, -0.2) is 13.2 Å². The highest BCUT2D eigenvalue weighted by Crippen LogP contribution is 2.35. The number of carbonyl (C=O) groups is 2. The van der Waals surface area contributed by atoms with Gasteiger partial charge < -0.3 is 19.5 Å². The van der Waals surface area contributed by atoms with Crippen LogP contribution < -0.4 is 19.1 Å². The Labute approximate surface area is 181 Å². The predicted octanol–water partition coefficient (Wildman–Crippen LogP) is 2.35. The number of benzene rings is 2. The molecule has 0 bridgehead atoms. The van der Waals surface area contributed by atoms with Crippen molar-refractivity contribution in [1.82, 2.24) is 0 Å². The molecule has 0 saturated heterocycles. The smallest absolute Gasteiger partial charge is 0.338 e. The fraction of sp³-hybridized carbons (Fsp3) is 0.333. The SMILES string of the molecule is COC(=O)c1cccc(NC(=O)[C@H](C)N(c2ccc3c(c2)OCCO3)S(C)(=O)=O)c1C. The van der Waals surface area contributed by atoms with E-state index in [9.17, 15) is 18.0 Å². The summed E-state index contributed by atoms with van der Waals surface area (Å²) in [5, 5.41) is 2.71. The first-order chi connectivity index (χ1) is 14.6. The summed E-state index contributed by atoms with van der Waals surface area (Å²) in [6.45, 7) is 3.90. The highest BCUT2D eigenvalue weighted by atomic mass is 32.2. The first-order valence-corrected chi connectivity index (χ1v) is 11.4. The summed E-state index contributed by atoms with van der Waals surface area (Å²) >= 11 is 0. The van der Waals surface area contributed by atoms with Crippen molar-refractivity contribution < 1.29 is 32.2 Å². The lowest BCUT2D eigenvalue weighted by Gasteiger charge is -2.29. The summed E-state index contributed by atoms with van der Waals surface area (Å²) in [5.41, 5.74) is 1.48. The van der Waals surface area contributed by atoms with Crippen LogP contribution in [0, 0.1) is 6.92 Å². The summed E-state index contributed by atoms with van der Waals surface area (Å²) < 4.78 is 41.9. The van der Waals surface area contributed by atoms with Crippen molar-refractivity contribution in [2.24, 2.45) is 0 Å². The number of ether oxygens (including phenoxy) is 3. The molecule has 1 N–H and O–H groups in total. The maximum atomic E-state index is 13.0. The van der Waals surface area contributed by atoms with Gasteiger partial charge in [0.1, 0.15) is 19.3 Å². The topological polar surface area (TPSA) is 111 Å². The van der Waals surface area contributed by atoms with Crippen molar-refractivity contribution >= 4 is 33.3 Å². The minimum atomic E-state index is -3.81. The number of esters is 1. The van der Waals surface area contributed by atoms with E-state index in [2.05, 4.69) is 5.32 Å². The Hall–Kier alpha value is -3.27. The number of anilines is 2. The van der Waals surface area contributed by atoms with Crippen molar-refractivity contribution in [3.8, 4) is 11.5 Å². The lowest BCUT2D eigenvalue weighted by Crippen LogP contribution is -2.45. The molecule has 0 radical (unpaired) electrons. The van der Waals surface area contributed by atoms with Gasteiger partial charge in [0.05, 0.1) is 24.6 Å². The third-order valence-corrected chi connectivity index (χ3v) is 6.11. The molecular weight excluding hydrogens is 424 g/mol. The number of nitrogens with one attached hydrogen (secondary N) is 1. The standard InChI is InChI=1S/C21H24N2O7S/c1-13-16(21(25)28-3)6-5-7-17(13)22-20(24)14(2)23(31(4,26)27)15-8-9-18-19(12-15)30-11-10-29-18/h5-9,12,14H,10-11H2,1-4H3,(H,22,24)/t14-/m0/s1. The van der Waals surface area contributed by atoms with Crippen molar-refractivity contribution in [2.45, 2.75) is 19.9 Å². The fourth-order valence-electron chi connectivity index (χ4n) is 3.32. The van der Waals surface area contributed by atoms with E-state index in [1.807, 2.05) is 0 Å². The molecule has 1 atom stereocenters. The largest absolute Gasteiger partial charge is 0.486 e. The average Bonchev–Trinajstić information content (AvgIpc) is 2.73. The lowest BCUT2D eigenvalue weighted by atomic mass is 10.1. The zero-order chi connectivity index (χ0) is 22.8. The monoisotopic (exact) mass is 448 g/mol. The normalized spacial score (nSPS) is 13.8. The van der Waals surface area contributed by atoms with Crippen LogP contribution in [0.15, 0.2) is 36.4 Å². The maximum Gasteiger partial charge on any atom is 0.338 e. The lowest BCUT2D eigenvalue weighted by molar-refractivity contribution is -0.116. The van der Waals surface area contributed by atoms with Crippen LogP contribution in [-0.4, -0.2) is 52.9 Å². The molecule has 1 aliphatic rings. The molecule has 0 unspecified atom stereocenters. The van der Waals surface area contributed by atoms with Crippen LogP contribution in [0.2, 0.25) is 0 Å². The Balaban J connectivity index is 1.90. The summed E-state index contributed by atoms with van der Waals surface area (Å²) in [4.78, 5) is 24.9. The van der Waals surface area contributed by atoms with Gasteiger partial charge >= 0.3 is 5.97 Å². The number of nitrogens with zero attached hydrogens (tertiary/aromatic N) is 1. The second-order valence-electron chi connectivity index (χ2n) is 7.02. The van der Waals surface area contributed by atoms with Gasteiger partial charge in [-0.15, -0.1) is 0 Å². The Kier molecular flexibility index (Phi) is 6.40. The number of amides is 1. The third kappa shape index (κ3) is 4.74. The Bertz CT molecular complexity index is 1110.